The summed E-state index contributed by atoms with van der Waals surface area (Å²) in [6.45, 7) is 2.08. The highest BCUT2D eigenvalue weighted by molar-refractivity contribution is 5.80. The van der Waals surface area contributed by atoms with Gasteiger partial charge in [0.25, 0.3) is 6.43 Å². The molecule has 0 bridgehead atoms. The van der Waals surface area contributed by atoms with Gasteiger partial charge in [0.2, 0.25) is 0 Å². The van der Waals surface area contributed by atoms with E-state index < -0.39 is 6.43 Å². The Balaban J connectivity index is 2.16. The molecule has 0 fully saturated rings. The van der Waals surface area contributed by atoms with Crippen LogP contribution in [0, 0.1) is 0 Å². The fourth-order valence-electron chi connectivity index (χ4n) is 2.29. The minimum absolute atomic E-state index is 0.0422. The molecule has 0 amide bonds. The largest absolute Gasteiger partial charge is 0.370 e. The summed E-state index contributed by atoms with van der Waals surface area (Å²) in [5.41, 5.74) is 6.78. The Kier molecular flexibility index (Phi) is 4.54. The number of hydrogen-bond acceptors (Lipinski definition) is 4. The summed E-state index contributed by atoms with van der Waals surface area (Å²) in [5, 5.41) is 0. The van der Waals surface area contributed by atoms with Gasteiger partial charge in [0.1, 0.15) is 0 Å². The van der Waals surface area contributed by atoms with Gasteiger partial charge in [0.05, 0.1) is 12.6 Å². The fraction of sp³-hybridized carbons (Fsp3) is 0.500. The van der Waals surface area contributed by atoms with E-state index in [9.17, 15) is 8.78 Å². The van der Waals surface area contributed by atoms with Crippen molar-refractivity contribution in [2.75, 3.05) is 33.7 Å². The molecule has 0 spiro atoms. The van der Waals surface area contributed by atoms with Gasteiger partial charge in [-0.25, -0.2) is 8.78 Å². The molecule has 1 aliphatic heterocycles. The Hall–Kier alpha value is -1.69. The third-order valence-electron chi connectivity index (χ3n) is 3.43. The molecule has 1 unspecified atom stereocenters. The first kappa shape index (κ1) is 14.7. The third kappa shape index (κ3) is 3.25. The lowest BCUT2D eigenvalue weighted by molar-refractivity contribution is 0.151. The number of likely N-dealkylation sites (N-methyl/N-ethyl adjacent to an activating group) is 1. The molecule has 0 aliphatic carbocycles. The van der Waals surface area contributed by atoms with Gasteiger partial charge in [0.15, 0.2) is 5.96 Å². The molecule has 110 valence electrons. The van der Waals surface area contributed by atoms with E-state index in [0.717, 1.165) is 18.7 Å². The van der Waals surface area contributed by atoms with Crippen LogP contribution in [0.4, 0.5) is 8.78 Å². The molecule has 0 saturated carbocycles. The Morgan fingerprint density at radius 3 is 2.85 bits per heavy atom. The number of halogens is 2. The van der Waals surface area contributed by atoms with Crippen LogP contribution in [0.3, 0.4) is 0 Å². The van der Waals surface area contributed by atoms with E-state index in [-0.39, 0.29) is 11.6 Å². The quantitative estimate of drug-likeness (QED) is 0.896. The highest BCUT2D eigenvalue weighted by Crippen LogP contribution is 2.28. The summed E-state index contributed by atoms with van der Waals surface area (Å²) >= 11 is 0. The third-order valence-corrected chi connectivity index (χ3v) is 3.43. The molecule has 1 aromatic rings. The normalized spacial score (nSPS) is 19.0. The highest BCUT2D eigenvalue weighted by atomic mass is 19.3. The first-order chi connectivity index (χ1) is 9.49. The second-order valence-electron chi connectivity index (χ2n) is 5.18. The smallest absolute Gasteiger partial charge is 0.263 e. The Morgan fingerprint density at radius 2 is 2.20 bits per heavy atom. The second kappa shape index (κ2) is 6.17. The van der Waals surface area contributed by atoms with Crippen LogP contribution in [0.1, 0.15) is 23.6 Å². The van der Waals surface area contributed by atoms with Gasteiger partial charge in [-0.3, -0.25) is 4.99 Å². The Bertz CT molecular complexity index is 488. The van der Waals surface area contributed by atoms with Crippen molar-refractivity contribution >= 4 is 5.96 Å². The molecule has 2 rings (SSSR count). The number of nitrogens with two attached hydrogens (primary N) is 1. The van der Waals surface area contributed by atoms with E-state index in [2.05, 4.69) is 9.89 Å². The molecular weight excluding hydrogens is 262 g/mol. The van der Waals surface area contributed by atoms with Crippen LogP contribution < -0.4 is 5.73 Å². The van der Waals surface area contributed by atoms with E-state index >= 15 is 0 Å². The Labute approximate surface area is 117 Å². The van der Waals surface area contributed by atoms with Gasteiger partial charge in [0, 0.05) is 18.7 Å². The number of alkyl halides is 2. The summed E-state index contributed by atoms with van der Waals surface area (Å²) in [6.07, 6.45) is -2.45. The zero-order chi connectivity index (χ0) is 14.7. The van der Waals surface area contributed by atoms with Gasteiger partial charge in [-0.05, 0) is 25.7 Å². The van der Waals surface area contributed by atoms with E-state index in [1.165, 1.54) is 6.07 Å². The molecule has 1 aliphatic rings. The lowest BCUT2D eigenvalue weighted by atomic mass is 10.0. The van der Waals surface area contributed by atoms with Crippen LogP contribution in [0.25, 0.3) is 0 Å². The first-order valence-electron chi connectivity index (χ1n) is 6.58. The van der Waals surface area contributed by atoms with Crippen LogP contribution in [-0.2, 0) is 0 Å². The van der Waals surface area contributed by atoms with E-state index in [1.807, 2.05) is 25.1 Å². The van der Waals surface area contributed by atoms with Crippen molar-refractivity contribution in [3.8, 4) is 0 Å². The van der Waals surface area contributed by atoms with Gasteiger partial charge in [-0.2, -0.15) is 0 Å². The van der Waals surface area contributed by atoms with E-state index in [4.69, 9.17) is 5.73 Å². The summed E-state index contributed by atoms with van der Waals surface area (Å²) in [5.74, 6) is 0.485. The van der Waals surface area contributed by atoms with Gasteiger partial charge in [-0.15, -0.1) is 0 Å². The summed E-state index contributed by atoms with van der Waals surface area (Å²) in [6, 6.07) is 6.46. The SMILES string of the molecule is CN(C)CCN1C(N)=NCC1c1cccc(C(F)F)c1. The van der Waals surface area contributed by atoms with Crippen molar-refractivity contribution in [1.29, 1.82) is 0 Å². The van der Waals surface area contributed by atoms with Gasteiger partial charge >= 0.3 is 0 Å². The maximum Gasteiger partial charge on any atom is 0.263 e. The predicted octanol–water partition coefficient (Wildman–Crippen LogP) is 1.86. The van der Waals surface area contributed by atoms with Crippen molar-refractivity contribution in [2.24, 2.45) is 10.7 Å². The second-order valence-corrected chi connectivity index (χ2v) is 5.18. The molecule has 0 radical (unpaired) electrons. The molecule has 20 heavy (non-hydrogen) atoms. The summed E-state index contributed by atoms with van der Waals surface area (Å²) < 4.78 is 25.6. The average Bonchev–Trinajstić information content (AvgIpc) is 2.77. The molecule has 6 heteroatoms. The predicted molar refractivity (Wildman–Crippen MR) is 75.9 cm³/mol. The Morgan fingerprint density at radius 1 is 1.45 bits per heavy atom. The van der Waals surface area contributed by atoms with Crippen molar-refractivity contribution in [1.82, 2.24) is 9.80 Å². The first-order valence-corrected chi connectivity index (χ1v) is 6.58. The lowest BCUT2D eigenvalue weighted by Gasteiger charge is -2.28. The fourth-order valence-corrected chi connectivity index (χ4v) is 2.29. The van der Waals surface area contributed by atoms with Crippen LogP contribution in [0.15, 0.2) is 29.3 Å². The topological polar surface area (TPSA) is 44.9 Å². The number of hydrogen-bond donors (Lipinski definition) is 1. The molecule has 4 nitrogen and oxygen atoms in total. The summed E-state index contributed by atoms with van der Waals surface area (Å²) in [4.78, 5) is 8.27. The zero-order valence-electron chi connectivity index (χ0n) is 11.8. The van der Waals surface area contributed by atoms with Gasteiger partial charge in [-0.1, -0.05) is 18.2 Å². The highest BCUT2D eigenvalue weighted by Gasteiger charge is 2.27. The molecule has 1 aromatic carbocycles. The van der Waals surface area contributed by atoms with Crippen molar-refractivity contribution in [3.05, 3.63) is 35.4 Å². The molecule has 1 atom stereocenters. The standard InChI is InChI=1S/C14H20F2N4/c1-19(2)6-7-20-12(9-18-14(20)17)10-4-3-5-11(8-10)13(15)16/h3-5,8,12-13H,6-7,9H2,1-2H3,(H2,17,18). The number of aliphatic imine (C=N–C) groups is 1. The minimum Gasteiger partial charge on any atom is -0.370 e. The van der Waals surface area contributed by atoms with Gasteiger partial charge < -0.3 is 15.5 Å². The van der Waals surface area contributed by atoms with E-state index in [1.54, 1.807) is 12.1 Å². The molecule has 0 saturated heterocycles. The van der Waals surface area contributed by atoms with Crippen molar-refractivity contribution < 1.29 is 8.78 Å². The maximum atomic E-state index is 12.8. The van der Waals surface area contributed by atoms with Crippen molar-refractivity contribution in [2.45, 2.75) is 12.5 Å². The monoisotopic (exact) mass is 282 g/mol. The number of rotatable bonds is 5. The molecule has 2 N–H and O–H groups in total. The maximum absolute atomic E-state index is 12.8. The number of guanidine groups is 1. The average molecular weight is 282 g/mol. The number of benzene rings is 1. The van der Waals surface area contributed by atoms with Crippen LogP contribution >= 0.6 is 0 Å². The minimum atomic E-state index is -2.45. The summed E-state index contributed by atoms with van der Waals surface area (Å²) in [7, 11) is 3.96. The molecule has 0 aromatic heterocycles. The number of nitrogens with zero attached hydrogens (tertiary/aromatic N) is 3. The van der Waals surface area contributed by atoms with Crippen LogP contribution in [0.2, 0.25) is 0 Å². The van der Waals surface area contributed by atoms with E-state index in [0.29, 0.717) is 12.5 Å². The van der Waals surface area contributed by atoms with Crippen molar-refractivity contribution in [3.63, 3.8) is 0 Å². The lowest BCUT2D eigenvalue weighted by Crippen LogP contribution is -2.40. The zero-order valence-corrected chi connectivity index (χ0v) is 11.8. The van der Waals surface area contributed by atoms with Crippen LogP contribution in [-0.4, -0.2) is 49.5 Å². The molecular formula is C14H20F2N4. The van der Waals surface area contributed by atoms with Crippen LogP contribution in [0.5, 0.6) is 0 Å². The molecule has 1 heterocycles.